The Bertz CT molecular complexity index is 837. The number of hydrogen-bond acceptors (Lipinski definition) is 4. The van der Waals surface area contributed by atoms with Crippen molar-refractivity contribution in [2.24, 2.45) is 0 Å². The molecule has 1 amide bonds. The average molecular weight is 391 g/mol. The highest BCUT2D eigenvalue weighted by Crippen LogP contribution is 2.24. The minimum atomic E-state index is -0.269. The fraction of sp³-hybridized carbons (Fsp3) is 0.167. The third-order valence-electron chi connectivity index (χ3n) is 3.61. The van der Waals surface area contributed by atoms with Gasteiger partial charge in [0.15, 0.2) is 6.61 Å². The number of H-pyrrole nitrogens is 1. The summed E-state index contributed by atoms with van der Waals surface area (Å²) < 4.78 is 5.48. The third-order valence-corrected chi connectivity index (χ3v) is 4.04. The number of carbonyl (C=O) groups is 1. The second-order valence-corrected chi connectivity index (χ2v) is 6.43. The third kappa shape index (κ3) is 5.21. The molecule has 0 radical (unpaired) electrons. The number of benzene rings is 2. The van der Waals surface area contributed by atoms with Crippen LogP contribution in [0.2, 0.25) is 10.0 Å². The molecule has 0 aliphatic carbocycles. The number of hydrogen-bond donors (Lipinski definition) is 2. The van der Waals surface area contributed by atoms with Crippen molar-refractivity contribution in [3.8, 4) is 5.75 Å². The van der Waals surface area contributed by atoms with Crippen LogP contribution in [0.1, 0.15) is 17.4 Å². The highest BCUT2D eigenvalue weighted by Gasteiger charge is 2.17. The first kappa shape index (κ1) is 18.2. The van der Waals surface area contributed by atoms with E-state index in [2.05, 4.69) is 20.5 Å². The van der Waals surface area contributed by atoms with Crippen molar-refractivity contribution in [3.05, 3.63) is 76.3 Å². The number of nitrogens with zero attached hydrogens (tertiary/aromatic N) is 2. The molecule has 6 nitrogen and oxygen atoms in total. The summed E-state index contributed by atoms with van der Waals surface area (Å²) in [5.41, 5.74) is 0.961. The summed E-state index contributed by atoms with van der Waals surface area (Å²) in [5, 5.41) is 10.5. The van der Waals surface area contributed by atoms with Crippen LogP contribution in [0.4, 0.5) is 0 Å². The minimum Gasteiger partial charge on any atom is -0.484 e. The van der Waals surface area contributed by atoms with Crippen LogP contribution in [0.5, 0.6) is 5.75 Å². The normalized spacial score (nSPS) is 11.8. The van der Waals surface area contributed by atoms with Gasteiger partial charge in [0.05, 0.1) is 6.04 Å². The maximum Gasteiger partial charge on any atom is 0.258 e. The molecule has 26 heavy (non-hydrogen) atoms. The van der Waals surface area contributed by atoms with E-state index in [1.165, 1.54) is 6.33 Å². The smallest absolute Gasteiger partial charge is 0.258 e. The highest BCUT2D eigenvalue weighted by molar-refractivity contribution is 6.34. The lowest BCUT2D eigenvalue weighted by Gasteiger charge is -2.18. The van der Waals surface area contributed by atoms with Gasteiger partial charge in [-0.25, -0.2) is 4.98 Å². The van der Waals surface area contributed by atoms with Gasteiger partial charge in [0.25, 0.3) is 5.91 Å². The van der Waals surface area contributed by atoms with Gasteiger partial charge in [0, 0.05) is 16.5 Å². The zero-order valence-corrected chi connectivity index (χ0v) is 15.2. The van der Waals surface area contributed by atoms with Gasteiger partial charge in [-0.1, -0.05) is 53.5 Å². The van der Waals surface area contributed by atoms with Crippen LogP contribution in [0.25, 0.3) is 0 Å². The van der Waals surface area contributed by atoms with E-state index in [9.17, 15) is 4.79 Å². The standard InChI is InChI=1S/C18H16Cl2N4O2/c19-13-6-14(20)8-15(7-13)26-10-18(25)23-16(9-17-21-11-22-24-17)12-4-2-1-3-5-12/h1-8,11,16H,9-10H2,(H,23,25)(H,21,22,24). The monoisotopic (exact) mass is 390 g/mol. The maximum atomic E-state index is 12.4. The van der Waals surface area contributed by atoms with E-state index >= 15 is 0 Å². The molecule has 1 unspecified atom stereocenters. The van der Waals surface area contributed by atoms with Crippen molar-refractivity contribution in [1.29, 1.82) is 0 Å². The molecule has 8 heteroatoms. The first-order valence-electron chi connectivity index (χ1n) is 7.87. The number of aromatic amines is 1. The van der Waals surface area contributed by atoms with E-state index in [0.717, 1.165) is 5.56 Å². The molecule has 0 aliphatic rings. The number of ether oxygens (including phenoxy) is 1. The second kappa shape index (κ2) is 8.69. The van der Waals surface area contributed by atoms with Gasteiger partial charge < -0.3 is 10.1 Å². The fourth-order valence-electron chi connectivity index (χ4n) is 2.46. The van der Waals surface area contributed by atoms with Crippen molar-refractivity contribution < 1.29 is 9.53 Å². The molecule has 0 saturated carbocycles. The van der Waals surface area contributed by atoms with Gasteiger partial charge in [-0.05, 0) is 23.8 Å². The summed E-state index contributed by atoms with van der Waals surface area (Å²) in [6, 6.07) is 14.2. The molecule has 0 fully saturated rings. The molecular formula is C18H16Cl2N4O2. The Hall–Kier alpha value is -2.57. The van der Waals surface area contributed by atoms with E-state index in [1.807, 2.05) is 30.3 Å². The Balaban J connectivity index is 1.65. The average Bonchev–Trinajstić information content (AvgIpc) is 3.12. The predicted molar refractivity (Wildman–Crippen MR) is 99.4 cm³/mol. The van der Waals surface area contributed by atoms with Gasteiger partial charge in [0.1, 0.15) is 17.9 Å². The molecular weight excluding hydrogens is 375 g/mol. The number of rotatable bonds is 7. The predicted octanol–water partition coefficient (Wildman–Crippen LogP) is 3.59. The summed E-state index contributed by atoms with van der Waals surface area (Å²) >= 11 is 11.9. The number of halogens is 2. The van der Waals surface area contributed by atoms with Crippen LogP contribution in [0.3, 0.4) is 0 Å². The molecule has 1 heterocycles. The molecule has 2 N–H and O–H groups in total. The Morgan fingerprint density at radius 1 is 1.15 bits per heavy atom. The summed E-state index contributed by atoms with van der Waals surface area (Å²) in [5.74, 6) is 0.848. The van der Waals surface area contributed by atoms with Crippen LogP contribution in [-0.2, 0) is 11.2 Å². The van der Waals surface area contributed by atoms with Crippen molar-refractivity contribution >= 4 is 29.1 Å². The van der Waals surface area contributed by atoms with E-state index in [-0.39, 0.29) is 18.6 Å². The maximum absolute atomic E-state index is 12.4. The highest BCUT2D eigenvalue weighted by atomic mass is 35.5. The van der Waals surface area contributed by atoms with E-state index in [0.29, 0.717) is 28.0 Å². The molecule has 0 aliphatic heterocycles. The molecule has 3 aromatic rings. The minimum absolute atomic E-state index is 0.156. The number of nitrogens with one attached hydrogen (secondary N) is 2. The van der Waals surface area contributed by atoms with Crippen LogP contribution >= 0.6 is 23.2 Å². The van der Waals surface area contributed by atoms with Crippen LogP contribution < -0.4 is 10.1 Å². The number of aromatic nitrogens is 3. The first-order valence-corrected chi connectivity index (χ1v) is 8.63. The van der Waals surface area contributed by atoms with Crippen molar-refractivity contribution in [2.45, 2.75) is 12.5 Å². The van der Waals surface area contributed by atoms with Crippen molar-refractivity contribution in [1.82, 2.24) is 20.5 Å². The lowest BCUT2D eigenvalue weighted by Crippen LogP contribution is -2.34. The molecule has 1 atom stereocenters. The van der Waals surface area contributed by atoms with Gasteiger partial charge >= 0.3 is 0 Å². The summed E-state index contributed by atoms with van der Waals surface area (Å²) in [7, 11) is 0. The zero-order valence-electron chi connectivity index (χ0n) is 13.7. The number of amides is 1. The van der Waals surface area contributed by atoms with Gasteiger partial charge in [0.2, 0.25) is 0 Å². The Labute approximate surface area is 160 Å². The quantitative estimate of drug-likeness (QED) is 0.645. The van der Waals surface area contributed by atoms with Crippen LogP contribution in [0, 0.1) is 0 Å². The van der Waals surface area contributed by atoms with E-state index in [1.54, 1.807) is 18.2 Å². The molecule has 2 aromatic carbocycles. The van der Waals surface area contributed by atoms with Crippen molar-refractivity contribution in [2.75, 3.05) is 6.61 Å². The summed E-state index contributed by atoms with van der Waals surface area (Å²) in [6.07, 6.45) is 1.92. The lowest BCUT2D eigenvalue weighted by molar-refractivity contribution is -0.123. The summed E-state index contributed by atoms with van der Waals surface area (Å²) in [4.78, 5) is 16.5. The molecule has 3 rings (SSSR count). The molecule has 0 saturated heterocycles. The second-order valence-electron chi connectivity index (χ2n) is 5.56. The topological polar surface area (TPSA) is 79.9 Å². The zero-order chi connectivity index (χ0) is 18.4. The fourth-order valence-corrected chi connectivity index (χ4v) is 2.96. The Morgan fingerprint density at radius 3 is 2.54 bits per heavy atom. The Kier molecular flexibility index (Phi) is 6.09. The molecule has 0 bridgehead atoms. The number of carbonyl (C=O) groups excluding carboxylic acids is 1. The Morgan fingerprint density at radius 2 is 1.88 bits per heavy atom. The van der Waals surface area contributed by atoms with E-state index < -0.39 is 0 Å². The largest absolute Gasteiger partial charge is 0.484 e. The lowest BCUT2D eigenvalue weighted by atomic mass is 10.0. The van der Waals surface area contributed by atoms with Crippen LogP contribution in [0.15, 0.2) is 54.9 Å². The molecule has 134 valence electrons. The SMILES string of the molecule is O=C(COc1cc(Cl)cc(Cl)c1)NC(Cc1ncn[nH]1)c1ccccc1. The first-order chi connectivity index (χ1) is 12.6. The summed E-state index contributed by atoms with van der Waals surface area (Å²) in [6.45, 7) is -0.156. The molecule has 0 spiro atoms. The van der Waals surface area contributed by atoms with Crippen LogP contribution in [-0.4, -0.2) is 27.7 Å². The van der Waals surface area contributed by atoms with E-state index in [4.69, 9.17) is 27.9 Å². The molecule has 1 aromatic heterocycles. The van der Waals surface area contributed by atoms with Crippen molar-refractivity contribution in [3.63, 3.8) is 0 Å². The van der Waals surface area contributed by atoms with Gasteiger partial charge in [-0.3, -0.25) is 9.89 Å². The van der Waals surface area contributed by atoms with Gasteiger partial charge in [-0.15, -0.1) is 0 Å². The van der Waals surface area contributed by atoms with Gasteiger partial charge in [-0.2, -0.15) is 5.10 Å².